The Bertz CT molecular complexity index is 948. The number of benzene rings is 1. The van der Waals surface area contributed by atoms with Crippen molar-refractivity contribution in [3.63, 3.8) is 0 Å². The Balaban J connectivity index is 1.41. The molecule has 1 aliphatic rings. The quantitative estimate of drug-likeness (QED) is 0.712. The molecule has 134 valence electrons. The van der Waals surface area contributed by atoms with Gasteiger partial charge >= 0.3 is 0 Å². The van der Waals surface area contributed by atoms with Gasteiger partial charge in [0, 0.05) is 26.2 Å². The van der Waals surface area contributed by atoms with Gasteiger partial charge in [0.05, 0.1) is 6.42 Å². The number of anilines is 1. The highest BCUT2D eigenvalue weighted by atomic mass is 19.1. The van der Waals surface area contributed by atoms with Gasteiger partial charge < -0.3 is 9.80 Å². The van der Waals surface area contributed by atoms with Gasteiger partial charge in [-0.25, -0.2) is 4.39 Å². The summed E-state index contributed by atoms with van der Waals surface area (Å²) in [6.07, 6.45) is 0.0940. The molecule has 8 heteroatoms. The van der Waals surface area contributed by atoms with Crippen LogP contribution in [-0.2, 0) is 11.2 Å². The highest BCUT2D eigenvalue weighted by molar-refractivity contribution is 5.79. The number of aryl methyl sites for hydroxylation is 1. The van der Waals surface area contributed by atoms with Crippen molar-refractivity contribution in [1.82, 2.24) is 24.7 Å². The number of halogens is 1. The molecule has 3 aromatic rings. The Morgan fingerprint density at radius 1 is 1.08 bits per heavy atom. The molecule has 0 saturated carbocycles. The normalized spacial score (nSPS) is 14.8. The lowest BCUT2D eigenvalue weighted by Crippen LogP contribution is -2.49. The van der Waals surface area contributed by atoms with Crippen LogP contribution in [-0.4, -0.2) is 56.8 Å². The summed E-state index contributed by atoms with van der Waals surface area (Å²) >= 11 is 0. The summed E-state index contributed by atoms with van der Waals surface area (Å²) in [7, 11) is 0. The Kier molecular flexibility index (Phi) is 4.24. The van der Waals surface area contributed by atoms with Crippen molar-refractivity contribution in [3.05, 3.63) is 53.6 Å². The summed E-state index contributed by atoms with van der Waals surface area (Å²) in [6.45, 7) is 4.41. The SMILES string of the molecule is Cc1nnc2ccc(N3CCN(C(=O)Cc4ccccc4F)CC3)nn12. The maximum absolute atomic E-state index is 13.7. The number of hydrogen-bond acceptors (Lipinski definition) is 5. The van der Waals surface area contributed by atoms with E-state index in [1.54, 1.807) is 27.6 Å². The molecular weight excluding hydrogens is 335 g/mol. The molecule has 3 heterocycles. The van der Waals surface area contributed by atoms with Crippen LogP contribution in [0.1, 0.15) is 11.4 Å². The van der Waals surface area contributed by atoms with E-state index in [1.807, 2.05) is 19.1 Å². The van der Waals surface area contributed by atoms with Crippen LogP contribution in [0.5, 0.6) is 0 Å². The minimum Gasteiger partial charge on any atom is -0.352 e. The van der Waals surface area contributed by atoms with Crippen LogP contribution in [0.15, 0.2) is 36.4 Å². The fourth-order valence-corrected chi connectivity index (χ4v) is 3.16. The third kappa shape index (κ3) is 3.10. The minimum absolute atomic E-state index is 0.0483. The van der Waals surface area contributed by atoms with Crippen LogP contribution < -0.4 is 4.90 Å². The van der Waals surface area contributed by atoms with Gasteiger partial charge in [0.15, 0.2) is 11.5 Å². The molecule has 4 rings (SSSR count). The predicted octanol–water partition coefficient (Wildman–Crippen LogP) is 1.46. The Hall–Kier alpha value is -3.03. The van der Waals surface area contributed by atoms with E-state index in [2.05, 4.69) is 20.2 Å². The fourth-order valence-electron chi connectivity index (χ4n) is 3.16. The molecule has 1 amide bonds. The monoisotopic (exact) mass is 354 g/mol. The van der Waals surface area contributed by atoms with Crippen molar-refractivity contribution in [3.8, 4) is 0 Å². The topological polar surface area (TPSA) is 66.6 Å². The number of nitrogens with zero attached hydrogens (tertiary/aromatic N) is 6. The molecule has 0 spiro atoms. The zero-order valence-electron chi connectivity index (χ0n) is 14.5. The lowest BCUT2D eigenvalue weighted by atomic mass is 10.1. The first-order valence-electron chi connectivity index (χ1n) is 8.57. The van der Waals surface area contributed by atoms with E-state index in [1.165, 1.54) is 6.07 Å². The van der Waals surface area contributed by atoms with Gasteiger partial charge in [0.1, 0.15) is 11.6 Å². The lowest BCUT2D eigenvalue weighted by Gasteiger charge is -2.35. The molecule has 0 atom stereocenters. The van der Waals surface area contributed by atoms with Crippen molar-refractivity contribution in [2.24, 2.45) is 0 Å². The van der Waals surface area contributed by atoms with Crippen LogP contribution >= 0.6 is 0 Å². The van der Waals surface area contributed by atoms with Crippen molar-refractivity contribution in [2.45, 2.75) is 13.3 Å². The Morgan fingerprint density at radius 2 is 1.85 bits per heavy atom. The van der Waals surface area contributed by atoms with Gasteiger partial charge in [-0.3, -0.25) is 4.79 Å². The van der Waals surface area contributed by atoms with Crippen LogP contribution in [0.2, 0.25) is 0 Å². The molecule has 0 unspecified atom stereocenters. The molecule has 0 N–H and O–H groups in total. The molecule has 0 aliphatic carbocycles. The molecule has 0 radical (unpaired) electrons. The number of piperazine rings is 1. The van der Waals surface area contributed by atoms with Crippen LogP contribution in [0.4, 0.5) is 10.2 Å². The van der Waals surface area contributed by atoms with E-state index < -0.39 is 0 Å². The highest BCUT2D eigenvalue weighted by Crippen LogP contribution is 2.16. The zero-order chi connectivity index (χ0) is 18.1. The summed E-state index contributed by atoms with van der Waals surface area (Å²) in [6, 6.07) is 10.2. The summed E-state index contributed by atoms with van der Waals surface area (Å²) in [4.78, 5) is 16.4. The van der Waals surface area contributed by atoms with Gasteiger partial charge in [0.25, 0.3) is 0 Å². The second kappa shape index (κ2) is 6.70. The van der Waals surface area contributed by atoms with E-state index in [0.29, 0.717) is 37.4 Å². The number of aromatic nitrogens is 4. The second-order valence-electron chi connectivity index (χ2n) is 6.34. The van der Waals surface area contributed by atoms with E-state index >= 15 is 0 Å². The molecule has 1 fully saturated rings. The van der Waals surface area contributed by atoms with Crippen LogP contribution in [0.3, 0.4) is 0 Å². The lowest BCUT2D eigenvalue weighted by molar-refractivity contribution is -0.130. The van der Waals surface area contributed by atoms with E-state index in [-0.39, 0.29) is 18.1 Å². The molecule has 2 aromatic heterocycles. The number of carbonyl (C=O) groups is 1. The predicted molar refractivity (Wildman–Crippen MR) is 94.4 cm³/mol. The number of carbonyl (C=O) groups excluding carboxylic acids is 1. The smallest absolute Gasteiger partial charge is 0.227 e. The second-order valence-corrected chi connectivity index (χ2v) is 6.34. The van der Waals surface area contributed by atoms with Crippen molar-refractivity contribution >= 4 is 17.4 Å². The van der Waals surface area contributed by atoms with Gasteiger partial charge in [-0.05, 0) is 30.7 Å². The third-order valence-electron chi connectivity index (χ3n) is 4.66. The average Bonchev–Trinajstić information content (AvgIpc) is 3.04. The standard InChI is InChI=1S/C18H19FN6O/c1-13-20-21-16-6-7-17(22-25(13)16)23-8-10-24(11-9-23)18(26)12-14-4-2-3-5-15(14)19/h2-7H,8-12H2,1H3. The number of amides is 1. The molecule has 1 saturated heterocycles. The fraction of sp³-hybridized carbons (Fsp3) is 0.333. The summed E-state index contributed by atoms with van der Waals surface area (Å²) in [5, 5.41) is 12.6. The molecule has 1 aliphatic heterocycles. The third-order valence-corrected chi connectivity index (χ3v) is 4.66. The molecule has 7 nitrogen and oxygen atoms in total. The summed E-state index contributed by atoms with van der Waals surface area (Å²) < 4.78 is 15.4. The summed E-state index contributed by atoms with van der Waals surface area (Å²) in [5.41, 5.74) is 1.15. The maximum atomic E-state index is 13.7. The highest BCUT2D eigenvalue weighted by Gasteiger charge is 2.23. The molecular formula is C18H19FN6O. The Labute approximate surface area is 150 Å². The number of hydrogen-bond donors (Lipinski definition) is 0. The zero-order valence-corrected chi connectivity index (χ0v) is 14.5. The van der Waals surface area contributed by atoms with Gasteiger partial charge in [-0.15, -0.1) is 15.3 Å². The van der Waals surface area contributed by atoms with Crippen molar-refractivity contribution < 1.29 is 9.18 Å². The van der Waals surface area contributed by atoms with Gasteiger partial charge in [-0.1, -0.05) is 18.2 Å². The molecule has 0 bridgehead atoms. The van der Waals surface area contributed by atoms with Crippen LogP contribution in [0.25, 0.3) is 5.65 Å². The van der Waals surface area contributed by atoms with E-state index in [4.69, 9.17) is 0 Å². The van der Waals surface area contributed by atoms with Crippen LogP contribution in [0, 0.1) is 12.7 Å². The minimum atomic E-state index is -0.332. The molecule has 26 heavy (non-hydrogen) atoms. The van der Waals surface area contributed by atoms with E-state index in [0.717, 1.165) is 11.6 Å². The molecule has 1 aromatic carbocycles. The van der Waals surface area contributed by atoms with Crippen molar-refractivity contribution in [1.29, 1.82) is 0 Å². The van der Waals surface area contributed by atoms with Gasteiger partial charge in [0.2, 0.25) is 5.91 Å². The first kappa shape index (κ1) is 16.4. The largest absolute Gasteiger partial charge is 0.352 e. The van der Waals surface area contributed by atoms with E-state index in [9.17, 15) is 9.18 Å². The average molecular weight is 354 g/mol. The maximum Gasteiger partial charge on any atom is 0.227 e. The Morgan fingerprint density at radius 3 is 2.62 bits per heavy atom. The number of fused-ring (bicyclic) bond motifs is 1. The summed E-state index contributed by atoms with van der Waals surface area (Å²) in [5.74, 6) is 1.19. The first-order valence-corrected chi connectivity index (χ1v) is 8.57. The number of rotatable bonds is 3. The first-order chi connectivity index (χ1) is 12.6. The van der Waals surface area contributed by atoms with Crippen molar-refractivity contribution in [2.75, 3.05) is 31.1 Å². The van der Waals surface area contributed by atoms with Gasteiger partial charge in [-0.2, -0.15) is 4.52 Å².